The fourth-order valence-corrected chi connectivity index (χ4v) is 2.59. The third-order valence-electron chi connectivity index (χ3n) is 2.99. The van der Waals surface area contributed by atoms with Crippen molar-refractivity contribution in [2.45, 2.75) is 0 Å². The van der Waals surface area contributed by atoms with Gasteiger partial charge in [0.05, 0.1) is 26.4 Å². The number of anilines is 4. The molecule has 0 amide bonds. The van der Waals surface area contributed by atoms with Gasteiger partial charge >= 0.3 is 0 Å². The van der Waals surface area contributed by atoms with Gasteiger partial charge in [-0.25, -0.2) is 4.98 Å². The van der Waals surface area contributed by atoms with E-state index in [1.54, 1.807) is 36.5 Å². The second kappa shape index (κ2) is 7.04. The molecule has 2 aromatic carbocycles. The quantitative estimate of drug-likeness (QED) is 0.602. The summed E-state index contributed by atoms with van der Waals surface area (Å²) in [6.45, 7) is 0. The summed E-state index contributed by atoms with van der Waals surface area (Å²) in [6, 6.07) is 14.4. The van der Waals surface area contributed by atoms with Crippen LogP contribution in [0.15, 0.2) is 54.7 Å². The summed E-state index contributed by atoms with van der Waals surface area (Å²) in [5.41, 5.74) is 1.32. The average Bonchev–Trinajstić information content (AvgIpc) is 2.54. The Kier molecular flexibility index (Phi) is 4.86. The van der Waals surface area contributed by atoms with E-state index in [-0.39, 0.29) is 0 Å². The molecule has 0 unspecified atom stereocenters. The summed E-state index contributed by atoms with van der Waals surface area (Å²) >= 11 is 18.4. The molecule has 3 rings (SSSR count). The standard InChI is InChI=1S/C16H11Cl3N4/c17-10-4-1-2-7-13(10)21-16-20-9-8-14(23-16)22-15-11(18)5-3-6-12(15)19/h1-9H,(H2,20,21,22,23). The number of halogens is 3. The lowest BCUT2D eigenvalue weighted by molar-refractivity contribution is 1.17. The third-order valence-corrected chi connectivity index (χ3v) is 3.95. The van der Waals surface area contributed by atoms with E-state index in [1.807, 2.05) is 18.2 Å². The monoisotopic (exact) mass is 364 g/mol. The number of rotatable bonds is 4. The van der Waals surface area contributed by atoms with Gasteiger partial charge in [0.1, 0.15) is 5.82 Å². The van der Waals surface area contributed by atoms with Crippen molar-refractivity contribution in [3.63, 3.8) is 0 Å². The van der Waals surface area contributed by atoms with Crippen LogP contribution in [0.25, 0.3) is 0 Å². The van der Waals surface area contributed by atoms with Crippen LogP contribution in [-0.4, -0.2) is 9.97 Å². The zero-order valence-corrected chi connectivity index (χ0v) is 14.0. The first-order valence-corrected chi connectivity index (χ1v) is 7.82. The number of hydrogen-bond acceptors (Lipinski definition) is 4. The molecule has 0 aliphatic rings. The Morgan fingerprint density at radius 2 is 1.43 bits per heavy atom. The highest BCUT2D eigenvalue weighted by molar-refractivity contribution is 6.39. The summed E-state index contributed by atoms with van der Waals surface area (Å²) in [6.07, 6.45) is 1.62. The molecule has 0 aliphatic heterocycles. The van der Waals surface area contributed by atoms with Crippen LogP contribution in [-0.2, 0) is 0 Å². The second-order valence-electron chi connectivity index (χ2n) is 4.59. The maximum Gasteiger partial charge on any atom is 0.229 e. The number of aromatic nitrogens is 2. The molecule has 2 N–H and O–H groups in total. The molecular formula is C16H11Cl3N4. The van der Waals surface area contributed by atoms with E-state index >= 15 is 0 Å². The molecule has 116 valence electrons. The zero-order valence-electron chi connectivity index (χ0n) is 11.7. The van der Waals surface area contributed by atoms with Crippen molar-refractivity contribution in [2.24, 2.45) is 0 Å². The first-order chi connectivity index (χ1) is 11.1. The van der Waals surface area contributed by atoms with Crippen molar-refractivity contribution in [1.29, 1.82) is 0 Å². The first kappa shape index (κ1) is 15.9. The molecule has 1 heterocycles. The van der Waals surface area contributed by atoms with Gasteiger partial charge in [-0.05, 0) is 30.3 Å². The minimum atomic E-state index is 0.409. The van der Waals surface area contributed by atoms with Crippen LogP contribution < -0.4 is 10.6 Å². The van der Waals surface area contributed by atoms with E-state index in [0.717, 1.165) is 5.69 Å². The van der Waals surface area contributed by atoms with Crippen LogP contribution in [0.1, 0.15) is 0 Å². The fourth-order valence-electron chi connectivity index (χ4n) is 1.92. The van der Waals surface area contributed by atoms with Crippen LogP contribution in [0.5, 0.6) is 0 Å². The smallest absolute Gasteiger partial charge is 0.229 e. The van der Waals surface area contributed by atoms with Gasteiger partial charge in [0.15, 0.2) is 0 Å². The number of para-hydroxylation sites is 2. The molecule has 0 saturated carbocycles. The molecule has 7 heteroatoms. The Morgan fingerprint density at radius 3 is 2.17 bits per heavy atom. The SMILES string of the molecule is Clc1ccccc1Nc1nccc(Nc2c(Cl)cccc2Cl)n1. The summed E-state index contributed by atoms with van der Waals surface area (Å²) in [4.78, 5) is 8.55. The van der Waals surface area contributed by atoms with Gasteiger partial charge < -0.3 is 10.6 Å². The van der Waals surface area contributed by atoms with Gasteiger partial charge in [0, 0.05) is 6.20 Å². The van der Waals surface area contributed by atoms with Crippen LogP contribution >= 0.6 is 34.8 Å². The lowest BCUT2D eigenvalue weighted by atomic mass is 10.3. The number of nitrogens with one attached hydrogen (secondary N) is 2. The largest absolute Gasteiger partial charge is 0.338 e. The molecule has 0 bridgehead atoms. The van der Waals surface area contributed by atoms with Gasteiger partial charge in [-0.15, -0.1) is 0 Å². The van der Waals surface area contributed by atoms with Gasteiger partial charge in [0.2, 0.25) is 5.95 Å². The molecule has 23 heavy (non-hydrogen) atoms. The Bertz CT molecular complexity index is 819. The Hall–Kier alpha value is -2.01. The molecule has 0 saturated heterocycles. The van der Waals surface area contributed by atoms with Gasteiger partial charge in [0.25, 0.3) is 0 Å². The maximum absolute atomic E-state index is 6.15. The fraction of sp³-hybridized carbons (Fsp3) is 0. The van der Waals surface area contributed by atoms with Crippen LogP contribution in [0.3, 0.4) is 0 Å². The third kappa shape index (κ3) is 3.85. The van der Waals surface area contributed by atoms with Gasteiger partial charge in [-0.2, -0.15) is 4.98 Å². The van der Waals surface area contributed by atoms with E-state index in [9.17, 15) is 0 Å². The molecule has 0 aliphatic carbocycles. The average molecular weight is 366 g/mol. The number of benzene rings is 2. The van der Waals surface area contributed by atoms with Crippen LogP contribution in [0, 0.1) is 0 Å². The molecule has 1 aromatic heterocycles. The highest BCUT2D eigenvalue weighted by atomic mass is 35.5. The molecular weight excluding hydrogens is 355 g/mol. The minimum Gasteiger partial charge on any atom is -0.338 e. The summed E-state index contributed by atoms with van der Waals surface area (Å²) in [7, 11) is 0. The van der Waals surface area contributed by atoms with Crippen molar-refractivity contribution in [2.75, 3.05) is 10.6 Å². The summed E-state index contributed by atoms with van der Waals surface area (Å²) < 4.78 is 0. The zero-order chi connectivity index (χ0) is 16.2. The molecule has 3 aromatic rings. The van der Waals surface area contributed by atoms with E-state index in [0.29, 0.717) is 32.5 Å². The number of hydrogen-bond donors (Lipinski definition) is 2. The van der Waals surface area contributed by atoms with Crippen molar-refractivity contribution in [3.8, 4) is 0 Å². The first-order valence-electron chi connectivity index (χ1n) is 6.69. The van der Waals surface area contributed by atoms with Crippen molar-refractivity contribution in [1.82, 2.24) is 9.97 Å². The Morgan fingerprint density at radius 1 is 0.739 bits per heavy atom. The molecule has 0 spiro atoms. The maximum atomic E-state index is 6.15. The second-order valence-corrected chi connectivity index (χ2v) is 5.81. The van der Waals surface area contributed by atoms with Crippen LogP contribution in [0.4, 0.5) is 23.1 Å². The lowest BCUT2D eigenvalue weighted by Gasteiger charge is -2.11. The van der Waals surface area contributed by atoms with Crippen molar-refractivity contribution >= 4 is 57.9 Å². The van der Waals surface area contributed by atoms with Gasteiger partial charge in [-0.1, -0.05) is 53.0 Å². The number of nitrogens with zero attached hydrogens (tertiary/aromatic N) is 2. The minimum absolute atomic E-state index is 0.409. The van der Waals surface area contributed by atoms with Crippen LogP contribution in [0.2, 0.25) is 15.1 Å². The van der Waals surface area contributed by atoms with E-state index in [1.165, 1.54) is 0 Å². The van der Waals surface area contributed by atoms with Crippen molar-refractivity contribution < 1.29 is 0 Å². The highest BCUT2D eigenvalue weighted by Crippen LogP contribution is 2.32. The normalized spacial score (nSPS) is 10.4. The summed E-state index contributed by atoms with van der Waals surface area (Å²) in [5, 5.41) is 7.77. The van der Waals surface area contributed by atoms with E-state index < -0.39 is 0 Å². The predicted octanol–water partition coefficient (Wildman–Crippen LogP) is 5.92. The van der Waals surface area contributed by atoms with Crippen molar-refractivity contribution in [3.05, 3.63) is 69.8 Å². The summed E-state index contributed by atoms with van der Waals surface area (Å²) in [5.74, 6) is 0.968. The molecule has 4 nitrogen and oxygen atoms in total. The van der Waals surface area contributed by atoms with E-state index in [4.69, 9.17) is 34.8 Å². The molecule has 0 atom stereocenters. The topological polar surface area (TPSA) is 49.8 Å². The van der Waals surface area contributed by atoms with E-state index in [2.05, 4.69) is 20.6 Å². The molecule has 0 fully saturated rings. The molecule has 0 radical (unpaired) electrons. The Labute approximate surface area is 148 Å². The van der Waals surface area contributed by atoms with Gasteiger partial charge in [-0.3, -0.25) is 0 Å². The predicted molar refractivity (Wildman–Crippen MR) is 96.5 cm³/mol. The lowest BCUT2D eigenvalue weighted by Crippen LogP contribution is -2.01. The Balaban J connectivity index is 1.84. The highest BCUT2D eigenvalue weighted by Gasteiger charge is 2.08.